The first-order valence-electron chi connectivity index (χ1n) is 8.23. The third kappa shape index (κ3) is 3.56. The van der Waals surface area contributed by atoms with Crippen molar-refractivity contribution in [2.24, 2.45) is 0 Å². The lowest BCUT2D eigenvalue weighted by Gasteiger charge is -2.15. The van der Waals surface area contributed by atoms with Gasteiger partial charge in [0.15, 0.2) is 0 Å². The van der Waals surface area contributed by atoms with Crippen LogP contribution in [0.4, 0.5) is 4.39 Å². The topological polar surface area (TPSA) is 84.0 Å². The monoisotopic (exact) mass is 355 g/mol. The minimum absolute atomic E-state index is 0.0226. The fourth-order valence-corrected chi connectivity index (χ4v) is 2.90. The number of rotatable bonds is 5. The van der Waals surface area contributed by atoms with Crippen LogP contribution in [0.3, 0.4) is 0 Å². The smallest absolute Gasteiger partial charge is 0.328 e. The van der Waals surface area contributed by atoms with Gasteiger partial charge in [0, 0.05) is 18.5 Å². The molecule has 1 unspecified atom stereocenters. The highest BCUT2D eigenvalue weighted by atomic mass is 19.1. The third-order valence-corrected chi connectivity index (χ3v) is 4.22. The molecule has 1 amide bonds. The van der Waals surface area contributed by atoms with E-state index in [1.807, 2.05) is 0 Å². The van der Waals surface area contributed by atoms with Gasteiger partial charge in [0.25, 0.3) is 5.56 Å². The van der Waals surface area contributed by atoms with E-state index in [0.717, 1.165) is 0 Å². The number of H-pyrrole nitrogens is 1. The van der Waals surface area contributed by atoms with Gasteiger partial charge in [-0.15, -0.1) is 0 Å². The molecule has 1 aromatic heterocycles. The van der Waals surface area contributed by atoms with Crippen LogP contribution in [0.2, 0.25) is 0 Å². The molecule has 2 aromatic carbocycles. The van der Waals surface area contributed by atoms with Crippen molar-refractivity contribution in [2.75, 3.05) is 0 Å². The Kier molecular flexibility index (Phi) is 4.97. The molecule has 0 saturated heterocycles. The van der Waals surface area contributed by atoms with E-state index in [1.165, 1.54) is 10.6 Å². The number of hydrogen-bond donors (Lipinski definition) is 2. The predicted molar refractivity (Wildman–Crippen MR) is 96.4 cm³/mol. The molecule has 134 valence electrons. The van der Waals surface area contributed by atoms with Crippen molar-refractivity contribution in [1.29, 1.82) is 0 Å². The zero-order chi connectivity index (χ0) is 18.7. The van der Waals surface area contributed by atoms with Crippen LogP contribution in [0.15, 0.2) is 58.1 Å². The first-order chi connectivity index (χ1) is 12.5. The van der Waals surface area contributed by atoms with Gasteiger partial charge >= 0.3 is 5.69 Å². The molecule has 0 aliphatic heterocycles. The number of amides is 1. The number of para-hydroxylation sites is 1. The van der Waals surface area contributed by atoms with Crippen molar-refractivity contribution in [3.8, 4) is 0 Å². The Morgan fingerprint density at radius 2 is 1.85 bits per heavy atom. The first kappa shape index (κ1) is 17.6. The quantitative estimate of drug-likeness (QED) is 0.735. The highest BCUT2D eigenvalue weighted by molar-refractivity contribution is 5.79. The molecule has 7 heteroatoms. The summed E-state index contributed by atoms with van der Waals surface area (Å²) in [6.07, 6.45) is 0.0226. The molecule has 1 heterocycles. The second kappa shape index (κ2) is 7.35. The Balaban J connectivity index is 1.75. The van der Waals surface area contributed by atoms with Crippen molar-refractivity contribution < 1.29 is 9.18 Å². The van der Waals surface area contributed by atoms with Gasteiger partial charge < -0.3 is 5.32 Å². The number of halogens is 1. The lowest BCUT2D eigenvalue weighted by Crippen LogP contribution is -2.33. The molecule has 3 aromatic rings. The summed E-state index contributed by atoms with van der Waals surface area (Å²) in [6.45, 7) is 1.80. The number of nitrogens with one attached hydrogen (secondary N) is 2. The van der Waals surface area contributed by atoms with Crippen LogP contribution >= 0.6 is 0 Å². The van der Waals surface area contributed by atoms with E-state index in [4.69, 9.17) is 0 Å². The molecule has 1 atom stereocenters. The van der Waals surface area contributed by atoms with E-state index in [9.17, 15) is 18.8 Å². The molecule has 6 nitrogen and oxygen atoms in total. The number of benzene rings is 2. The van der Waals surface area contributed by atoms with E-state index in [0.29, 0.717) is 16.5 Å². The minimum Gasteiger partial charge on any atom is -0.349 e. The van der Waals surface area contributed by atoms with E-state index in [-0.39, 0.29) is 24.7 Å². The minimum atomic E-state index is -0.566. The maximum atomic E-state index is 13.8. The van der Waals surface area contributed by atoms with Crippen LogP contribution in [0.5, 0.6) is 0 Å². The molecule has 3 rings (SSSR count). The normalized spacial score (nSPS) is 12.1. The number of fused-ring (bicyclic) bond motifs is 1. The highest BCUT2D eigenvalue weighted by Gasteiger charge is 2.14. The SMILES string of the molecule is CC(NC(=O)CCn1c(=O)[nH]c(=O)c2ccccc21)c1ccccc1F. The van der Waals surface area contributed by atoms with E-state index in [1.54, 1.807) is 49.4 Å². The van der Waals surface area contributed by atoms with Gasteiger partial charge in [-0.25, -0.2) is 9.18 Å². The summed E-state index contributed by atoms with van der Waals surface area (Å²) in [4.78, 5) is 38.4. The van der Waals surface area contributed by atoms with Crippen LogP contribution in [0.1, 0.15) is 24.9 Å². The van der Waals surface area contributed by atoms with Crippen molar-refractivity contribution >= 4 is 16.8 Å². The van der Waals surface area contributed by atoms with Gasteiger partial charge in [0.05, 0.1) is 16.9 Å². The van der Waals surface area contributed by atoms with Gasteiger partial charge in [-0.05, 0) is 25.1 Å². The molecule has 0 radical (unpaired) electrons. The highest BCUT2D eigenvalue weighted by Crippen LogP contribution is 2.16. The Morgan fingerprint density at radius 3 is 2.62 bits per heavy atom. The summed E-state index contributed by atoms with van der Waals surface area (Å²) in [5, 5.41) is 3.10. The average Bonchev–Trinajstić information content (AvgIpc) is 2.61. The molecule has 26 heavy (non-hydrogen) atoms. The van der Waals surface area contributed by atoms with Crippen LogP contribution < -0.4 is 16.6 Å². The maximum Gasteiger partial charge on any atom is 0.328 e. The van der Waals surface area contributed by atoms with Gasteiger partial charge in [-0.2, -0.15) is 0 Å². The lowest BCUT2D eigenvalue weighted by molar-refractivity contribution is -0.121. The number of hydrogen-bond acceptors (Lipinski definition) is 3. The maximum absolute atomic E-state index is 13.8. The van der Waals surface area contributed by atoms with E-state index < -0.39 is 17.3 Å². The van der Waals surface area contributed by atoms with Crippen LogP contribution in [0.25, 0.3) is 10.9 Å². The molecular weight excluding hydrogens is 337 g/mol. The standard InChI is InChI=1S/C19H18FN3O3/c1-12(13-6-2-4-8-15(13)20)21-17(24)10-11-23-16-9-5-3-7-14(16)18(25)22-19(23)26/h2-9,12H,10-11H2,1H3,(H,21,24)(H,22,25,26). The van der Waals surface area contributed by atoms with Crippen molar-refractivity contribution in [1.82, 2.24) is 14.9 Å². The van der Waals surface area contributed by atoms with Crippen LogP contribution in [0, 0.1) is 5.82 Å². The van der Waals surface area contributed by atoms with Crippen molar-refractivity contribution in [2.45, 2.75) is 25.9 Å². The summed E-state index contributed by atoms with van der Waals surface area (Å²) in [5.74, 6) is -0.703. The van der Waals surface area contributed by atoms with E-state index >= 15 is 0 Å². The molecular formula is C19H18FN3O3. The summed E-state index contributed by atoms with van der Waals surface area (Å²) in [6, 6.07) is 12.4. The zero-order valence-corrected chi connectivity index (χ0v) is 14.2. The Bertz CT molecular complexity index is 1070. The molecule has 0 aliphatic rings. The van der Waals surface area contributed by atoms with Crippen LogP contribution in [-0.4, -0.2) is 15.5 Å². The number of carbonyl (C=O) groups is 1. The molecule has 0 fully saturated rings. The molecule has 0 saturated carbocycles. The fourth-order valence-electron chi connectivity index (χ4n) is 2.90. The summed E-state index contributed by atoms with van der Waals surface area (Å²) >= 11 is 0. The van der Waals surface area contributed by atoms with Crippen molar-refractivity contribution in [3.63, 3.8) is 0 Å². The number of aromatic amines is 1. The molecule has 0 bridgehead atoms. The number of aromatic nitrogens is 2. The van der Waals surface area contributed by atoms with Crippen molar-refractivity contribution in [3.05, 3.63) is 80.7 Å². The average molecular weight is 355 g/mol. The Hall–Kier alpha value is -3.22. The van der Waals surface area contributed by atoms with Gasteiger partial charge in [0.2, 0.25) is 5.91 Å². The second-order valence-electron chi connectivity index (χ2n) is 5.99. The summed E-state index contributed by atoms with van der Waals surface area (Å²) < 4.78 is 15.1. The first-order valence-corrected chi connectivity index (χ1v) is 8.23. The summed E-state index contributed by atoms with van der Waals surface area (Å²) in [7, 11) is 0. The number of aryl methyl sites for hydroxylation is 1. The fraction of sp³-hybridized carbons (Fsp3) is 0.211. The molecule has 0 aliphatic carbocycles. The predicted octanol–water partition coefficient (Wildman–Crippen LogP) is 2.10. The Morgan fingerprint density at radius 1 is 1.15 bits per heavy atom. The number of nitrogens with zero attached hydrogens (tertiary/aromatic N) is 1. The second-order valence-corrected chi connectivity index (χ2v) is 5.99. The van der Waals surface area contributed by atoms with Gasteiger partial charge in [-0.1, -0.05) is 30.3 Å². The zero-order valence-electron chi connectivity index (χ0n) is 14.2. The van der Waals surface area contributed by atoms with E-state index in [2.05, 4.69) is 10.3 Å². The van der Waals surface area contributed by atoms with Gasteiger partial charge in [0.1, 0.15) is 5.82 Å². The largest absolute Gasteiger partial charge is 0.349 e. The molecule has 0 spiro atoms. The third-order valence-electron chi connectivity index (χ3n) is 4.22. The molecule has 2 N–H and O–H groups in total. The van der Waals surface area contributed by atoms with Gasteiger partial charge in [-0.3, -0.25) is 19.1 Å². The van der Waals surface area contributed by atoms with Crippen LogP contribution in [-0.2, 0) is 11.3 Å². The number of carbonyl (C=O) groups excluding carboxylic acids is 1. The lowest BCUT2D eigenvalue weighted by atomic mass is 10.1. The summed E-state index contributed by atoms with van der Waals surface area (Å²) in [5.41, 5.74) is -0.160. The Labute approximate surface area is 148 Å².